The average Bonchev–Trinajstić information content (AvgIpc) is 2.56. The molecule has 0 bridgehead atoms. The standard InChI is InChI=1S/C18H21N3O/c1-22-18-8-3-6-16(12-18)14-20-13-15-5-2-7-17(11-15)21-10-4-9-19/h2-12,20H,13-14,19H2,1H3/b9-4-,21-10?. The number of methoxy groups -OCH3 is 1. The van der Waals surface area contributed by atoms with E-state index in [2.05, 4.69) is 28.5 Å². The Morgan fingerprint density at radius 1 is 1.09 bits per heavy atom. The van der Waals surface area contributed by atoms with E-state index in [1.165, 1.54) is 17.3 Å². The molecule has 0 unspecified atom stereocenters. The smallest absolute Gasteiger partial charge is 0.119 e. The van der Waals surface area contributed by atoms with Crippen molar-refractivity contribution in [2.24, 2.45) is 10.7 Å². The van der Waals surface area contributed by atoms with E-state index >= 15 is 0 Å². The zero-order valence-electron chi connectivity index (χ0n) is 12.7. The monoisotopic (exact) mass is 295 g/mol. The summed E-state index contributed by atoms with van der Waals surface area (Å²) in [7, 11) is 1.68. The highest BCUT2D eigenvalue weighted by Crippen LogP contribution is 2.15. The Hall–Kier alpha value is -2.59. The summed E-state index contributed by atoms with van der Waals surface area (Å²) in [6, 6.07) is 16.2. The minimum atomic E-state index is 0.785. The Kier molecular flexibility index (Phi) is 6.20. The van der Waals surface area contributed by atoms with Gasteiger partial charge in [-0.15, -0.1) is 0 Å². The topological polar surface area (TPSA) is 59.6 Å². The van der Waals surface area contributed by atoms with E-state index in [0.717, 1.165) is 24.5 Å². The van der Waals surface area contributed by atoms with Gasteiger partial charge in [-0.2, -0.15) is 0 Å². The molecular weight excluding hydrogens is 274 g/mol. The summed E-state index contributed by atoms with van der Waals surface area (Å²) in [6.07, 6.45) is 4.85. The lowest BCUT2D eigenvalue weighted by Crippen LogP contribution is -2.12. The number of nitrogens with one attached hydrogen (secondary N) is 1. The van der Waals surface area contributed by atoms with Crippen molar-refractivity contribution in [2.45, 2.75) is 13.1 Å². The van der Waals surface area contributed by atoms with Gasteiger partial charge >= 0.3 is 0 Å². The lowest BCUT2D eigenvalue weighted by Gasteiger charge is -2.07. The molecule has 0 radical (unpaired) electrons. The summed E-state index contributed by atoms with van der Waals surface area (Å²) in [4.78, 5) is 4.31. The van der Waals surface area contributed by atoms with Gasteiger partial charge < -0.3 is 15.8 Å². The highest BCUT2D eigenvalue weighted by atomic mass is 16.5. The van der Waals surface area contributed by atoms with Crippen LogP contribution in [0.15, 0.2) is 65.8 Å². The molecule has 22 heavy (non-hydrogen) atoms. The van der Waals surface area contributed by atoms with Gasteiger partial charge in [-0.25, -0.2) is 0 Å². The van der Waals surface area contributed by atoms with Gasteiger partial charge in [-0.1, -0.05) is 24.3 Å². The van der Waals surface area contributed by atoms with Crippen LogP contribution in [0.2, 0.25) is 0 Å². The first-order valence-electron chi connectivity index (χ1n) is 7.15. The number of ether oxygens (including phenoxy) is 1. The van der Waals surface area contributed by atoms with Crippen molar-refractivity contribution >= 4 is 11.9 Å². The summed E-state index contributed by atoms with van der Waals surface area (Å²) in [5.41, 5.74) is 8.57. The van der Waals surface area contributed by atoms with Crippen molar-refractivity contribution in [1.29, 1.82) is 0 Å². The molecule has 0 saturated carbocycles. The van der Waals surface area contributed by atoms with Crippen molar-refractivity contribution < 1.29 is 4.74 Å². The molecule has 0 spiro atoms. The van der Waals surface area contributed by atoms with Gasteiger partial charge in [0, 0.05) is 19.3 Å². The minimum Gasteiger partial charge on any atom is -0.497 e. The third kappa shape index (κ3) is 5.07. The van der Waals surface area contributed by atoms with Crippen molar-refractivity contribution in [3.8, 4) is 5.75 Å². The fourth-order valence-corrected chi connectivity index (χ4v) is 2.06. The molecule has 0 heterocycles. The van der Waals surface area contributed by atoms with Crippen molar-refractivity contribution in [3.05, 3.63) is 71.9 Å². The molecular formula is C18H21N3O. The molecule has 2 rings (SSSR count). The number of hydrogen-bond donors (Lipinski definition) is 2. The van der Waals surface area contributed by atoms with Crippen LogP contribution >= 0.6 is 0 Å². The number of allylic oxidation sites excluding steroid dienone is 1. The molecule has 3 N–H and O–H groups in total. The van der Waals surface area contributed by atoms with E-state index in [0.29, 0.717) is 0 Å². The lowest BCUT2D eigenvalue weighted by molar-refractivity contribution is 0.414. The number of rotatable bonds is 7. The van der Waals surface area contributed by atoms with E-state index in [4.69, 9.17) is 10.5 Å². The fourth-order valence-electron chi connectivity index (χ4n) is 2.06. The van der Waals surface area contributed by atoms with Crippen LogP contribution in [0.4, 0.5) is 5.69 Å². The van der Waals surface area contributed by atoms with Crippen LogP contribution in [0.25, 0.3) is 0 Å². The van der Waals surface area contributed by atoms with Crippen molar-refractivity contribution in [3.63, 3.8) is 0 Å². The van der Waals surface area contributed by atoms with Gasteiger partial charge in [0.05, 0.1) is 12.8 Å². The molecule has 0 atom stereocenters. The first kappa shape index (κ1) is 15.8. The highest BCUT2D eigenvalue weighted by Gasteiger charge is 1.97. The predicted octanol–water partition coefficient (Wildman–Crippen LogP) is 3.16. The molecule has 4 heteroatoms. The molecule has 0 aromatic heterocycles. The largest absolute Gasteiger partial charge is 0.497 e. The molecule has 0 saturated heterocycles. The average molecular weight is 295 g/mol. The van der Waals surface area contributed by atoms with Crippen LogP contribution in [0.3, 0.4) is 0 Å². The maximum Gasteiger partial charge on any atom is 0.119 e. The summed E-state index contributed by atoms with van der Waals surface area (Å²) < 4.78 is 5.22. The molecule has 0 amide bonds. The van der Waals surface area contributed by atoms with Crippen LogP contribution in [-0.4, -0.2) is 13.3 Å². The number of nitrogens with two attached hydrogens (primary N) is 1. The van der Waals surface area contributed by atoms with E-state index < -0.39 is 0 Å². The van der Waals surface area contributed by atoms with Gasteiger partial charge in [-0.05, 0) is 47.7 Å². The fraction of sp³-hybridized carbons (Fsp3) is 0.167. The Labute approximate surface area is 131 Å². The summed E-state index contributed by atoms with van der Waals surface area (Å²) in [6.45, 7) is 1.58. The first-order valence-corrected chi connectivity index (χ1v) is 7.15. The normalized spacial score (nSPS) is 11.3. The number of nitrogens with zero attached hydrogens (tertiary/aromatic N) is 1. The third-order valence-electron chi connectivity index (χ3n) is 3.12. The second-order valence-electron chi connectivity index (χ2n) is 4.79. The molecule has 4 nitrogen and oxygen atoms in total. The van der Waals surface area contributed by atoms with E-state index in [1.807, 2.05) is 30.3 Å². The van der Waals surface area contributed by atoms with Crippen LogP contribution < -0.4 is 15.8 Å². The number of benzene rings is 2. The van der Waals surface area contributed by atoms with Gasteiger partial charge in [0.1, 0.15) is 5.75 Å². The molecule has 0 fully saturated rings. The predicted molar refractivity (Wildman–Crippen MR) is 91.5 cm³/mol. The Morgan fingerprint density at radius 3 is 2.55 bits per heavy atom. The quantitative estimate of drug-likeness (QED) is 0.771. The van der Waals surface area contributed by atoms with Crippen LogP contribution in [0.1, 0.15) is 11.1 Å². The molecule has 2 aromatic carbocycles. The van der Waals surface area contributed by atoms with Crippen LogP contribution in [0, 0.1) is 0 Å². The van der Waals surface area contributed by atoms with Crippen LogP contribution in [0.5, 0.6) is 5.75 Å². The zero-order chi connectivity index (χ0) is 15.6. The van der Waals surface area contributed by atoms with Crippen LogP contribution in [-0.2, 0) is 13.1 Å². The molecule has 2 aromatic rings. The summed E-state index contributed by atoms with van der Waals surface area (Å²) in [5.74, 6) is 0.878. The van der Waals surface area contributed by atoms with Gasteiger partial charge in [0.15, 0.2) is 0 Å². The molecule has 0 aliphatic rings. The third-order valence-corrected chi connectivity index (χ3v) is 3.12. The zero-order valence-corrected chi connectivity index (χ0v) is 12.7. The number of hydrogen-bond acceptors (Lipinski definition) is 4. The maximum absolute atomic E-state index is 5.27. The van der Waals surface area contributed by atoms with Gasteiger partial charge in [0.2, 0.25) is 0 Å². The van der Waals surface area contributed by atoms with Crippen molar-refractivity contribution in [2.75, 3.05) is 7.11 Å². The maximum atomic E-state index is 5.27. The van der Waals surface area contributed by atoms with E-state index in [9.17, 15) is 0 Å². The Morgan fingerprint density at radius 2 is 1.82 bits per heavy atom. The summed E-state index contributed by atoms with van der Waals surface area (Å²) in [5, 5.41) is 3.42. The summed E-state index contributed by atoms with van der Waals surface area (Å²) >= 11 is 0. The molecule has 114 valence electrons. The highest BCUT2D eigenvalue weighted by molar-refractivity contribution is 5.74. The van der Waals surface area contributed by atoms with Crippen molar-refractivity contribution in [1.82, 2.24) is 5.32 Å². The molecule has 0 aliphatic carbocycles. The Bertz CT molecular complexity index is 650. The SMILES string of the molecule is COc1cccc(CNCc2cccc(N=C/C=C\N)c2)c1. The second-order valence-corrected chi connectivity index (χ2v) is 4.79. The number of aliphatic imine (C=N–C) groups is 1. The van der Waals surface area contributed by atoms with Gasteiger partial charge in [0.25, 0.3) is 0 Å². The minimum absolute atomic E-state index is 0.785. The van der Waals surface area contributed by atoms with E-state index in [-0.39, 0.29) is 0 Å². The first-order chi connectivity index (χ1) is 10.8. The second kappa shape index (κ2) is 8.64. The Balaban J connectivity index is 1.89. The molecule has 0 aliphatic heterocycles. The lowest BCUT2D eigenvalue weighted by atomic mass is 10.2. The van der Waals surface area contributed by atoms with Gasteiger partial charge in [-0.3, -0.25) is 4.99 Å². The van der Waals surface area contributed by atoms with E-state index in [1.54, 1.807) is 19.4 Å².